The predicted molar refractivity (Wildman–Crippen MR) is 110 cm³/mol. The number of methoxy groups -OCH3 is 1. The van der Waals surface area contributed by atoms with Gasteiger partial charge in [0.25, 0.3) is 0 Å². The summed E-state index contributed by atoms with van der Waals surface area (Å²) >= 11 is 0. The molecule has 0 aromatic heterocycles. The Labute approximate surface area is 164 Å². The molecule has 2 aliphatic rings. The summed E-state index contributed by atoms with van der Waals surface area (Å²) in [7, 11) is 1.56. The number of carbonyl (C=O) groups excluding carboxylic acids is 2. The Morgan fingerprint density at radius 3 is 2.44 bits per heavy atom. The Balaban J connectivity index is 2.49. The topological polar surface area (TPSA) is 43.4 Å². The molecule has 2 atom stereocenters. The van der Waals surface area contributed by atoms with Gasteiger partial charge in [-0.05, 0) is 72.1 Å². The Hall–Kier alpha value is -1.64. The fraction of sp³-hybridized carbons (Fsp3) is 0.667. The number of carbonyl (C=O) groups is 2. The number of hydrogen-bond acceptors (Lipinski definition) is 3. The lowest BCUT2D eigenvalue weighted by atomic mass is 9.51. The van der Waals surface area contributed by atoms with Crippen molar-refractivity contribution in [1.29, 1.82) is 0 Å². The second-order valence-corrected chi connectivity index (χ2v) is 9.35. The van der Waals surface area contributed by atoms with Gasteiger partial charge in [0.1, 0.15) is 5.76 Å². The molecule has 0 amide bonds. The molecule has 0 bridgehead atoms. The van der Waals surface area contributed by atoms with Crippen LogP contribution in [0, 0.1) is 22.7 Å². The number of ketones is 2. The van der Waals surface area contributed by atoms with E-state index in [-0.39, 0.29) is 23.4 Å². The Morgan fingerprint density at radius 2 is 1.93 bits per heavy atom. The smallest absolute Gasteiger partial charge is 0.176 e. The number of allylic oxidation sites excluding steroid dienone is 6. The van der Waals surface area contributed by atoms with Crippen LogP contribution in [0.3, 0.4) is 0 Å². The summed E-state index contributed by atoms with van der Waals surface area (Å²) in [5.41, 5.74) is 1.62. The van der Waals surface area contributed by atoms with Gasteiger partial charge in [-0.15, -0.1) is 0 Å². The Kier molecular flexibility index (Phi) is 6.23. The van der Waals surface area contributed by atoms with Crippen molar-refractivity contribution in [3.05, 3.63) is 34.6 Å². The van der Waals surface area contributed by atoms with Gasteiger partial charge < -0.3 is 4.74 Å². The van der Waals surface area contributed by atoms with E-state index >= 15 is 0 Å². The molecule has 0 aromatic rings. The third-order valence-corrected chi connectivity index (χ3v) is 6.48. The average Bonchev–Trinajstić information content (AvgIpc) is 2.59. The van der Waals surface area contributed by atoms with Gasteiger partial charge in [-0.25, -0.2) is 0 Å². The first-order chi connectivity index (χ1) is 12.5. The molecule has 3 heteroatoms. The molecule has 0 heterocycles. The van der Waals surface area contributed by atoms with Gasteiger partial charge in [-0.3, -0.25) is 9.59 Å². The van der Waals surface area contributed by atoms with Crippen molar-refractivity contribution in [2.24, 2.45) is 22.7 Å². The van der Waals surface area contributed by atoms with E-state index in [0.29, 0.717) is 17.8 Å². The van der Waals surface area contributed by atoms with Crippen LogP contribution >= 0.6 is 0 Å². The first kappa shape index (κ1) is 21.7. The minimum atomic E-state index is -0.941. The lowest BCUT2D eigenvalue weighted by Gasteiger charge is -2.50. The molecule has 0 saturated carbocycles. The Morgan fingerprint density at radius 1 is 1.30 bits per heavy atom. The van der Waals surface area contributed by atoms with Gasteiger partial charge in [-0.1, -0.05) is 37.1 Å². The zero-order valence-electron chi connectivity index (χ0n) is 18.4. The predicted octanol–water partition coefficient (Wildman–Crippen LogP) is 5.81. The maximum Gasteiger partial charge on any atom is 0.176 e. The number of hydrogen-bond donors (Lipinski definition) is 0. The minimum absolute atomic E-state index is 0.0260. The van der Waals surface area contributed by atoms with E-state index in [1.54, 1.807) is 7.11 Å². The highest BCUT2D eigenvalue weighted by molar-refractivity contribution is 6.19. The molecule has 0 aromatic carbocycles. The van der Waals surface area contributed by atoms with Crippen LogP contribution in [0.25, 0.3) is 0 Å². The van der Waals surface area contributed by atoms with Gasteiger partial charge in [0.2, 0.25) is 0 Å². The van der Waals surface area contributed by atoms with Crippen molar-refractivity contribution >= 4 is 11.6 Å². The van der Waals surface area contributed by atoms with E-state index in [0.717, 1.165) is 19.3 Å². The number of rotatable bonds is 5. The highest BCUT2D eigenvalue weighted by atomic mass is 16.5. The molecule has 0 radical (unpaired) electrons. The molecule has 27 heavy (non-hydrogen) atoms. The van der Waals surface area contributed by atoms with E-state index < -0.39 is 10.8 Å². The van der Waals surface area contributed by atoms with E-state index in [9.17, 15) is 9.59 Å². The zero-order valence-corrected chi connectivity index (χ0v) is 18.4. The molecule has 0 N–H and O–H groups in total. The molecule has 1 spiro atoms. The van der Waals surface area contributed by atoms with Crippen molar-refractivity contribution in [3.63, 3.8) is 0 Å². The van der Waals surface area contributed by atoms with E-state index in [4.69, 9.17) is 4.74 Å². The van der Waals surface area contributed by atoms with Crippen molar-refractivity contribution in [2.75, 3.05) is 7.11 Å². The molecule has 0 saturated heterocycles. The van der Waals surface area contributed by atoms with E-state index in [1.165, 1.54) is 11.1 Å². The first-order valence-corrected chi connectivity index (χ1v) is 10.2. The second-order valence-electron chi connectivity index (χ2n) is 9.35. The fourth-order valence-electron chi connectivity index (χ4n) is 5.15. The summed E-state index contributed by atoms with van der Waals surface area (Å²) in [4.78, 5) is 27.2. The SMILES string of the molecule is COC1=C(C)C(=O)[C@]2(CC=C(CCC=C(C)C)C[C@H]2C(C)C)C(=O)C1(C)C. The largest absolute Gasteiger partial charge is 0.500 e. The Bertz CT molecular complexity index is 714. The average molecular weight is 373 g/mol. The molecule has 0 unspecified atom stereocenters. The highest BCUT2D eigenvalue weighted by Gasteiger charge is 2.61. The minimum Gasteiger partial charge on any atom is -0.500 e. The van der Waals surface area contributed by atoms with Gasteiger partial charge in [-0.2, -0.15) is 0 Å². The van der Waals surface area contributed by atoms with Crippen LogP contribution in [0.1, 0.15) is 74.1 Å². The van der Waals surface area contributed by atoms with Crippen LogP contribution in [0.4, 0.5) is 0 Å². The van der Waals surface area contributed by atoms with Crippen LogP contribution in [0.5, 0.6) is 0 Å². The van der Waals surface area contributed by atoms with E-state index in [1.807, 2.05) is 20.8 Å². The van der Waals surface area contributed by atoms with Gasteiger partial charge in [0, 0.05) is 5.57 Å². The number of ether oxygens (including phenoxy) is 1. The standard InChI is InChI=1S/C24H36O3/c1-15(2)10-9-11-18-12-13-24(19(14-18)16(3)4)20(25)17(5)21(27-8)23(6,7)22(24)26/h10,12,16,19H,9,11,13-14H2,1-8H3/t19-,24+/m0/s1. The zero-order chi connectivity index (χ0) is 20.6. The van der Waals surface area contributed by atoms with Crippen molar-refractivity contribution in [3.8, 4) is 0 Å². The lowest BCUT2D eigenvalue weighted by Crippen LogP contribution is -2.57. The van der Waals surface area contributed by atoms with Gasteiger partial charge in [0.05, 0.1) is 17.9 Å². The molecular formula is C24H36O3. The molecule has 0 fully saturated rings. The second kappa shape index (κ2) is 7.77. The molecule has 3 nitrogen and oxygen atoms in total. The summed E-state index contributed by atoms with van der Waals surface area (Å²) in [5, 5.41) is 0. The quantitative estimate of drug-likeness (QED) is 0.452. The summed E-state index contributed by atoms with van der Waals surface area (Å²) in [5.74, 6) is 0.835. The van der Waals surface area contributed by atoms with Crippen molar-refractivity contribution in [1.82, 2.24) is 0 Å². The summed E-state index contributed by atoms with van der Waals surface area (Å²) in [6.07, 6.45) is 7.81. The van der Waals surface area contributed by atoms with Crippen LogP contribution in [-0.2, 0) is 14.3 Å². The highest BCUT2D eigenvalue weighted by Crippen LogP contribution is 2.55. The molecule has 0 aliphatic heterocycles. The maximum absolute atomic E-state index is 13.7. The van der Waals surface area contributed by atoms with Crippen molar-refractivity contribution < 1.29 is 14.3 Å². The van der Waals surface area contributed by atoms with Gasteiger partial charge >= 0.3 is 0 Å². The molecular weight excluding hydrogens is 336 g/mol. The van der Waals surface area contributed by atoms with Crippen LogP contribution in [0.2, 0.25) is 0 Å². The molecule has 2 aliphatic carbocycles. The summed E-state index contributed by atoms with van der Waals surface area (Å²) in [6.45, 7) is 14.1. The summed E-state index contributed by atoms with van der Waals surface area (Å²) < 4.78 is 5.50. The third kappa shape index (κ3) is 3.58. The molecule has 150 valence electrons. The first-order valence-electron chi connectivity index (χ1n) is 10.2. The van der Waals surface area contributed by atoms with Gasteiger partial charge in [0.15, 0.2) is 11.6 Å². The van der Waals surface area contributed by atoms with Crippen molar-refractivity contribution in [2.45, 2.75) is 74.1 Å². The number of Topliss-reactive ketones (excluding diaryl/α,β-unsaturated/α-hetero) is 2. The maximum atomic E-state index is 13.7. The fourth-order valence-corrected chi connectivity index (χ4v) is 5.15. The van der Waals surface area contributed by atoms with E-state index in [2.05, 4.69) is 39.8 Å². The van der Waals surface area contributed by atoms with Crippen LogP contribution in [-0.4, -0.2) is 18.7 Å². The summed E-state index contributed by atoms with van der Waals surface area (Å²) in [6, 6.07) is 0. The normalized spacial score (nSPS) is 27.9. The van der Waals surface area contributed by atoms with Crippen LogP contribution in [0.15, 0.2) is 34.6 Å². The van der Waals surface area contributed by atoms with Crippen LogP contribution < -0.4 is 0 Å². The third-order valence-electron chi connectivity index (χ3n) is 6.48. The molecule has 2 rings (SSSR count). The lowest BCUT2D eigenvalue weighted by molar-refractivity contribution is -0.153. The monoisotopic (exact) mass is 372 g/mol.